The molecule has 21 heavy (non-hydrogen) atoms. The maximum atomic E-state index is 14.0. The summed E-state index contributed by atoms with van der Waals surface area (Å²) < 4.78 is 15.9. The molecule has 1 N–H and O–H groups in total. The third kappa shape index (κ3) is 2.39. The Kier molecular flexibility index (Phi) is 3.43. The topological polar surface area (TPSA) is 49.0 Å². The van der Waals surface area contributed by atoms with Crippen LogP contribution in [-0.2, 0) is 13.2 Å². The fourth-order valence-corrected chi connectivity index (χ4v) is 2.49. The number of hydrogen-bond acceptors (Lipinski definition) is 2. The summed E-state index contributed by atoms with van der Waals surface area (Å²) in [4.78, 5) is 0. The Balaban J connectivity index is 2.01. The second-order valence-electron chi connectivity index (χ2n) is 4.87. The second-order valence-corrected chi connectivity index (χ2v) is 4.87. The minimum atomic E-state index is -0.380. The van der Waals surface area contributed by atoms with Crippen LogP contribution in [0.25, 0.3) is 10.9 Å². The van der Waals surface area contributed by atoms with E-state index in [4.69, 9.17) is 5.26 Å². The fourth-order valence-electron chi connectivity index (χ4n) is 2.49. The maximum Gasteiger partial charge on any atom is 0.129 e. The van der Waals surface area contributed by atoms with E-state index in [9.17, 15) is 9.50 Å². The largest absolute Gasteiger partial charge is 0.392 e. The Morgan fingerprint density at radius 3 is 2.71 bits per heavy atom. The van der Waals surface area contributed by atoms with E-state index in [0.29, 0.717) is 17.7 Å². The Morgan fingerprint density at radius 2 is 2.00 bits per heavy atom. The molecule has 0 bridgehead atoms. The highest BCUT2D eigenvalue weighted by Crippen LogP contribution is 2.22. The van der Waals surface area contributed by atoms with Crippen LogP contribution in [0.5, 0.6) is 0 Å². The van der Waals surface area contributed by atoms with Gasteiger partial charge in [-0.2, -0.15) is 5.26 Å². The first-order chi connectivity index (χ1) is 10.2. The van der Waals surface area contributed by atoms with Crippen LogP contribution in [0, 0.1) is 17.1 Å². The minimum Gasteiger partial charge on any atom is -0.392 e. The van der Waals surface area contributed by atoms with E-state index in [0.717, 1.165) is 16.5 Å². The van der Waals surface area contributed by atoms with Crippen molar-refractivity contribution in [2.75, 3.05) is 0 Å². The lowest BCUT2D eigenvalue weighted by atomic mass is 10.1. The molecule has 4 heteroatoms. The van der Waals surface area contributed by atoms with Crippen molar-refractivity contribution in [2.24, 2.45) is 0 Å². The quantitative estimate of drug-likeness (QED) is 0.801. The van der Waals surface area contributed by atoms with Crippen LogP contribution in [0.2, 0.25) is 0 Å². The zero-order valence-electron chi connectivity index (χ0n) is 11.3. The van der Waals surface area contributed by atoms with Crippen LogP contribution in [0.15, 0.2) is 48.7 Å². The van der Waals surface area contributed by atoms with Gasteiger partial charge < -0.3 is 9.67 Å². The van der Waals surface area contributed by atoms with Crippen molar-refractivity contribution in [1.82, 2.24) is 4.57 Å². The van der Waals surface area contributed by atoms with Gasteiger partial charge in [-0.05, 0) is 29.8 Å². The van der Waals surface area contributed by atoms with E-state index in [2.05, 4.69) is 0 Å². The molecule has 0 radical (unpaired) electrons. The molecule has 0 spiro atoms. The Bertz CT molecular complexity index is 846. The maximum absolute atomic E-state index is 14.0. The van der Waals surface area contributed by atoms with E-state index in [1.807, 2.05) is 41.1 Å². The molecule has 3 rings (SSSR count). The lowest BCUT2D eigenvalue weighted by molar-refractivity contribution is 0.283. The predicted molar refractivity (Wildman–Crippen MR) is 78.1 cm³/mol. The first-order valence-corrected chi connectivity index (χ1v) is 6.59. The number of fused-ring (bicyclic) bond motifs is 1. The molecule has 2 aromatic carbocycles. The molecule has 104 valence electrons. The number of aromatic nitrogens is 1. The van der Waals surface area contributed by atoms with Gasteiger partial charge in [0.05, 0.1) is 24.8 Å². The van der Waals surface area contributed by atoms with Gasteiger partial charge in [0.2, 0.25) is 0 Å². The fraction of sp³-hybridized carbons (Fsp3) is 0.118. The average molecular weight is 280 g/mol. The molecule has 0 unspecified atom stereocenters. The summed E-state index contributed by atoms with van der Waals surface area (Å²) in [5.41, 5.74) is 2.65. The van der Waals surface area contributed by atoms with Crippen LogP contribution >= 0.6 is 0 Å². The van der Waals surface area contributed by atoms with Gasteiger partial charge in [-0.3, -0.25) is 0 Å². The SMILES string of the molecule is N#Cc1ccc(Cn2ccc3c(CO)cccc32)c(F)c1. The van der Waals surface area contributed by atoms with Gasteiger partial charge in [-0.25, -0.2) is 4.39 Å². The van der Waals surface area contributed by atoms with Gasteiger partial charge in [0.15, 0.2) is 0 Å². The molecule has 0 amide bonds. The van der Waals surface area contributed by atoms with Crippen LogP contribution < -0.4 is 0 Å². The van der Waals surface area contributed by atoms with Gasteiger partial charge in [0.1, 0.15) is 5.82 Å². The summed E-state index contributed by atoms with van der Waals surface area (Å²) in [6.07, 6.45) is 1.88. The molecule has 0 saturated heterocycles. The standard InChI is InChI=1S/C17H13FN2O/c18-16-8-12(9-19)4-5-13(16)10-20-7-6-15-14(11-21)2-1-3-17(15)20/h1-8,21H,10-11H2. The lowest BCUT2D eigenvalue weighted by Gasteiger charge is -2.08. The Hall–Kier alpha value is -2.64. The van der Waals surface area contributed by atoms with Crippen molar-refractivity contribution in [3.05, 3.63) is 71.2 Å². The highest BCUT2D eigenvalue weighted by molar-refractivity contribution is 5.83. The number of aliphatic hydroxyl groups excluding tert-OH is 1. The van der Waals surface area contributed by atoms with Crippen LogP contribution in [0.4, 0.5) is 4.39 Å². The lowest BCUT2D eigenvalue weighted by Crippen LogP contribution is -2.01. The van der Waals surface area contributed by atoms with E-state index in [-0.39, 0.29) is 12.4 Å². The average Bonchev–Trinajstić information content (AvgIpc) is 2.92. The first kappa shape index (κ1) is 13.3. The number of aliphatic hydroxyl groups is 1. The molecule has 0 aliphatic rings. The van der Waals surface area contributed by atoms with E-state index in [1.54, 1.807) is 12.1 Å². The van der Waals surface area contributed by atoms with Gasteiger partial charge >= 0.3 is 0 Å². The summed E-state index contributed by atoms with van der Waals surface area (Å²) in [5, 5.41) is 19.1. The highest BCUT2D eigenvalue weighted by Gasteiger charge is 2.08. The molecule has 0 saturated carbocycles. The molecule has 3 aromatic rings. The zero-order valence-corrected chi connectivity index (χ0v) is 11.3. The molecule has 1 aromatic heterocycles. The number of benzene rings is 2. The molecule has 3 nitrogen and oxygen atoms in total. The van der Waals surface area contributed by atoms with Gasteiger partial charge in [0.25, 0.3) is 0 Å². The molecular formula is C17H13FN2O. The summed E-state index contributed by atoms with van der Waals surface area (Å²) in [7, 11) is 0. The van der Waals surface area contributed by atoms with E-state index in [1.165, 1.54) is 6.07 Å². The van der Waals surface area contributed by atoms with Crippen molar-refractivity contribution in [2.45, 2.75) is 13.2 Å². The van der Waals surface area contributed by atoms with Crippen LogP contribution in [0.1, 0.15) is 16.7 Å². The van der Waals surface area contributed by atoms with Crippen LogP contribution in [-0.4, -0.2) is 9.67 Å². The summed E-state index contributed by atoms with van der Waals surface area (Å²) >= 11 is 0. The van der Waals surface area contributed by atoms with Crippen molar-refractivity contribution >= 4 is 10.9 Å². The second kappa shape index (κ2) is 5.39. The first-order valence-electron chi connectivity index (χ1n) is 6.59. The molecular weight excluding hydrogens is 267 g/mol. The Morgan fingerprint density at radius 1 is 1.14 bits per heavy atom. The third-order valence-electron chi connectivity index (χ3n) is 3.60. The van der Waals surface area contributed by atoms with E-state index < -0.39 is 0 Å². The zero-order chi connectivity index (χ0) is 14.8. The number of nitrogens with zero attached hydrogens (tertiary/aromatic N) is 2. The summed E-state index contributed by atoms with van der Waals surface area (Å²) in [6.45, 7) is 0.364. The number of hydrogen-bond donors (Lipinski definition) is 1. The summed E-state index contributed by atoms with van der Waals surface area (Å²) in [5.74, 6) is -0.380. The van der Waals surface area contributed by atoms with Gasteiger partial charge in [-0.1, -0.05) is 18.2 Å². The summed E-state index contributed by atoms with van der Waals surface area (Å²) in [6, 6.07) is 14.0. The number of rotatable bonds is 3. The van der Waals surface area contributed by atoms with Crippen molar-refractivity contribution < 1.29 is 9.50 Å². The highest BCUT2D eigenvalue weighted by atomic mass is 19.1. The number of halogens is 1. The molecule has 0 aliphatic carbocycles. The van der Waals surface area contributed by atoms with Crippen molar-refractivity contribution in [3.8, 4) is 6.07 Å². The molecule has 0 atom stereocenters. The van der Waals surface area contributed by atoms with Gasteiger partial charge in [-0.15, -0.1) is 0 Å². The normalized spacial score (nSPS) is 10.7. The number of nitriles is 1. The predicted octanol–water partition coefficient (Wildman–Crippen LogP) is 3.19. The molecule has 0 aliphatic heterocycles. The van der Waals surface area contributed by atoms with Crippen LogP contribution in [0.3, 0.4) is 0 Å². The minimum absolute atomic E-state index is 0.0212. The Labute approximate surface area is 121 Å². The monoisotopic (exact) mass is 280 g/mol. The van der Waals surface area contributed by atoms with Gasteiger partial charge in [0, 0.05) is 22.7 Å². The third-order valence-corrected chi connectivity index (χ3v) is 3.60. The molecule has 0 fully saturated rings. The van der Waals surface area contributed by atoms with E-state index >= 15 is 0 Å². The molecule has 1 heterocycles. The van der Waals surface area contributed by atoms with Crippen molar-refractivity contribution in [3.63, 3.8) is 0 Å². The smallest absolute Gasteiger partial charge is 0.129 e. The van der Waals surface area contributed by atoms with Crippen molar-refractivity contribution in [1.29, 1.82) is 5.26 Å².